The van der Waals surface area contributed by atoms with E-state index in [2.05, 4.69) is 22.4 Å². The van der Waals surface area contributed by atoms with Gasteiger partial charge in [-0.15, -0.1) is 0 Å². The first kappa shape index (κ1) is 8.72. The van der Waals surface area contributed by atoms with E-state index < -0.39 is 0 Å². The van der Waals surface area contributed by atoms with Crippen molar-refractivity contribution < 1.29 is 9.84 Å². The summed E-state index contributed by atoms with van der Waals surface area (Å²) in [6.45, 7) is 1.46. The van der Waals surface area contributed by atoms with Crippen molar-refractivity contribution >= 4 is 17.4 Å². The molecular weight excluding hydrogens is 138 g/mol. The standard InChI is InChI=1S/C5H9NO2S/c7-2-4-8-3-1-6-5-9/h7H,1-4H2. The monoisotopic (exact) mass is 147 g/mol. The van der Waals surface area contributed by atoms with Gasteiger partial charge in [0.1, 0.15) is 0 Å². The lowest BCUT2D eigenvalue weighted by atomic mass is 10.7. The maximum Gasteiger partial charge on any atom is 0.0727 e. The van der Waals surface area contributed by atoms with Gasteiger partial charge in [0, 0.05) is 0 Å². The van der Waals surface area contributed by atoms with E-state index in [1.807, 2.05) is 0 Å². The van der Waals surface area contributed by atoms with Gasteiger partial charge in [0.2, 0.25) is 0 Å². The van der Waals surface area contributed by atoms with Crippen LogP contribution in [0.1, 0.15) is 0 Å². The summed E-state index contributed by atoms with van der Waals surface area (Å²) in [5.74, 6) is 0. The molecule has 0 heterocycles. The Morgan fingerprint density at radius 2 is 2.33 bits per heavy atom. The number of aliphatic hydroxyl groups is 1. The second-order valence-electron chi connectivity index (χ2n) is 1.31. The van der Waals surface area contributed by atoms with Crippen LogP contribution in [0.4, 0.5) is 0 Å². The SMILES string of the molecule is OCCOCCN=C=S. The minimum atomic E-state index is 0.0568. The number of rotatable bonds is 5. The summed E-state index contributed by atoms with van der Waals surface area (Å²) in [5.41, 5.74) is 0. The first-order chi connectivity index (χ1) is 4.41. The molecule has 4 heteroatoms. The molecule has 0 aromatic heterocycles. The van der Waals surface area contributed by atoms with E-state index in [-0.39, 0.29) is 6.61 Å². The van der Waals surface area contributed by atoms with E-state index in [4.69, 9.17) is 9.84 Å². The molecule has 0 saturated heterocycles. The molecule has 9 heavy (non-hydrogen) atoms. The Morgan fingerprint density at radius 3 is 2.89 bits per heavy atom. The molecule has 0 rings (SSSR count). The topological polar surface area (TPSA) is 41.8 Å². The van der Waals surface area contributed by atoms with Gasteiger partial charge in [0.05, 0.1) is 31.5 Å². The minimum absolute atomic E-state index is 0.0568. The molecule has 1 N–H and O–H groups in total. The molecule has 0 aliphatic heterocycles. The lowest BCUT2D eigenvalue weighted by Gasteiger charge is -1.95. The van der Waals surface area contributed by atoms with Crippen LogP contribution in [0, 0.1) is 0 Å². The third-order valence-electron chi connectivity index (χ3n) is 0.648. The predicted molar refractivity (Wildman–Crippen MR) is 37.8 cm³/mol. The number of nitrogens with zero attached hydrogens (tertiary/aromatic N) is 1. The van der Waals surface area contributed by atoms with Crippen LogP contribution in [-0.2, 0) is 4.74 Å². The Morgan fingerprint density at radius 1 is 1.56 bits per heavy atom. The quantitative estimate of drug-likeness (QED) is 0.340. The summed E-state index contributed by atoms with van der Waals surface area (Å²) in [4.78, 5) is 3.60. The van der Waals surface area contributed by atoms with Gasteiger partial charge in [0.15, 0.2) is 0 Å². The van der Waals surface area contributed by atoms with Gasteiger partial charge in [-0.25, -0.2) is 4.99 Å². The van der Waals surface area contributed by atoms with E-state index >= 15 is 0 Å². The van der Waals surface area contributed by atoms with Crippen molar-refractivity contribution in [1.82, 2.24) is 0 Å². The van der Waals surface area contributed by atoms with Crippen molar-refractivity contribution in [3.05, 3.63) is 0 Å². The second kappa shape index (κ2) is 7.72. The van der Waals surface area contributed by atoms with Crippen molar-refractivity contribution in [2.75, 3.05) is 26.4 Å². The Bertz CT molecular complexity index is 101. The van der Waals surface area contributed by atoms with Gasteiger partial charge in [0.25, 0.3) is 0 Å². The fourth-order valence-electron chi connectivity index (χ4n) is 0.322. The van der Waals surface area contributed by atoms with Crippen molar-refractivity contribution in [2.24, 2.45) is 4.99 Å². The molecule has 0 amide bonds. The van der Waals surface area contributed by atoms with E-state index in [1.165, 1.54) is 0 Å². The van der Waals surface area contributed by atoms with Crippen molar-refractivity contribution in [2.45, 2.75) is 0 Å². The largest absolute Gasteiger partial charge is 0.394 e. The lowest BCUT2D eigenvalue weighted by Crippen LogP contribution is -2.02. The second-order valence-corrected chi connectivity index (χ2v) is 1.49. The van der Waals surface area contributed by atoms with Gasteiger partial charge in [-0.1, -0.05) is 0 Å². The van der Waals surface area contributed by atoms with Crippen LogP contribution in [0.3, 0.4) is 0 Å². The number of thiocarbonyl (C=S) groups is 1. The van der Waals surface area contributed by atoms with Gasteiger partial charge < -0.3 is 9.84 Å². The maximum atomic E-state index is 8.23. The number of ether oxygens (including phenoxy) is 1. The number of isothiocyanates is 1. The lowest BCUT2D eigenvalue weighted by molar-refractivity contribution is 0.0979. The number of aliphatic hydroxyl groups excluding tert-OH is 1. The molecular formula is C5H9NO2S. The molecule has 0 unspecified atom stereocenters. The summed E-state index contributed by atoms with van der Waals surface area (Å²) in [7, 11) is 0. The molecule has 0 aromatic carbocycles. The van der Waals surface area contributed by atoms with Crippen molar-refractivity contribution in [1.29, 1.82) is 0 Å². The fraction of sp³-hybridized carbons (Fsp3) is 0.800. The first-order valence-corrected chi connectivity index (χ1v) is 3.05. The zero-order valence-corrected chi connectivity index (χ0v) is 5.86. The molecule has 0 radical (unpaired) electrons. The highest BCUT2D eigenvalue weighted by atomic mass is 32.1. The van der Waals surface area contributed by atoms with Gasteiger partial charge in [-0.2, -0.15) is 0 Å². The number of aliphatic imine (C=N–C) groups is 1. The molecule has 0 fully saturated rings. The molecule has 0 saturated carbocycles. The molecule has 0 aromatic rings. The Balaban J connectivity index is 2.82. The zero-order chi connectivity index (χ0) is 6.95. The predicted octanol–water partition coefficient (Wildman–Crippen LogP) is 0.0981. The molecule has 0 atom stereocenters. The highest BCUT2D eigenvalue weighted by Gasteiger charge is 1.81. The van der Waals surface area contributed by atoms with Crippen molar-refractivity contribution in [3.8, 4) is 0 Å². The van der Waals surface area contributed by atoms with Crippen LogP contribution in [0.5, 0.6) is 0 Å². The van der Waals surface area contributed by atoms with Gasteiger partial charge >= 0.3 is 0 Å². The normalized spacial score (nSPS) is 8.56. The zero-order valence-electron chi connectivity index (χ0n) is 5.04. The van der Waals surface area contributed by atoms with E-state index in [9.17, 15) is 0 Å². The van der Waals surface area contributed by atoms with Crippen LogP contribution in [0.2, 0.25) is 0 Å². The summed E-state index contributed by atoms with van der Waals surface area (Å²) in [5, 5.41) is 10.4. The van der Waals surface area contributed by atoms with Crippen LogP contribution in [-0.4, -0.2) is 36.6 Å². The Kier molecular flexibility index (Phi) is 7.48. The number of hydrogen-bond donors (Lipinski definition) is 1. The van der Waals surface area contributed by atoms with Gasteiger partial charge in [-0.3, -0.25) is 0 Å². The Labute approximate surface area is 59.4 Å². The van der Waals surface area contributed by atoms with E-state index in [1.54, 1.807) is 0 Å². The third kappa shape index (κ3) is 7.72. The van der Waals surface area contributed by atoms with Crippen LogP contribution in [0.25, 0.3) is 0 Å². The summed E-state index contributed by atoms with van der Waals surface area (Å²) < 4.78 is 4.85. The Hall–Kier alpha value is -0.280. The molecule has 52 valence electrons. The summed E-state index contributed by atoms with van der Waals surface area (Å²) in [6, 6.07) is 0. The van der Waals surface area contributed by atoms with E-state index in [0.29, 0.717) is 19.8 Å². The smallest absolute Gasteiger partial charge is 0.0727 e. The summed E-state index contributed by atoms with van der Waals surface area (Å²) in [6.07, 6.45) is 0. The first-order valence-electron chi connectivity index (χ1n) is 2.64. The number of hydrogen-bond acceptors (Lipinski definition) is 4. The summed E-state index contributed by atoms with van der Waals surface area (Å²) >= 11 is 4.31. The van der Waals surface area contributed by atoms with Gasteiger partial charge in [-0.05, 0) is 12.2 Å². The average Bonchev–Trinajstić information content (AvgIpc) is 1.89. The highest BCUT2D eigenvalue weighted by molar-refractivity contribution is 7.78. The average molecular weight is 147 g/mol. The van der Waals surface area contributed by atoms with Crippen LogP contribution >= 0.6 is 12.2 Å². The van der Waals surface area contributed by atoms with Crippen LogP contribution < -0.4 is 0 Å². The minimum Gasteiger partial charge on any atom is -0.394 e. The molecule has 0 bridgehead atoms. The highest BCUT2D eigenvalue weighted by Crippen LogP contribution is 1.73. The van der Waals surface area contributed by atoms with Crippen LogP contribution in [0.15, 0.2) is 4.99 Å². The molecule has 3 nitrogen and oxygen atoms in total. The maximum absolute atomic E-state index is 8.23. The molecule has 0 aliphatic carbocycles. The van der Waals surface area contributed by atoms with Crippen molar-refractivity contribution in [3.63, 3.8) is 0 Å². The van der Waals surface area contributed by atoms with E-state index in [0.717, 1.165) is 0 Å². The fourth-order valence-corrected chi connectivity index (χ4v) is 0.414. The molecule has 0 aliphatic rings. The third-order valence-corrected chi connectivity index (χ3v) is 0.777. The molecule has 0 spiro atoms.